The molecule has 0 fully saturated rings. The molecule has 0 aliphatic carbocycles. The summed E-state index contributed by atoms with van der Waals surface area (Å²) < 4.78 is 29.6. The van der Waals surface area contributed by atoms with E-state index < -0.39 is 30.3 Å². The van der Waals surface area contributed by atoms with Crippen LogP contribution >= 0.6 is 0 Å². The van der Waals surface area contributed by atoms with Crippen LogP contribution in [0.25, 0.3) is 0 Å². The second kappa shape index (κ2) is 4.57. The van der Waals surface area contributed by atoms with Crippen LogP contribution in [0.2, 0.25) is 0 Å². The van der Waals surface area contributed by atoms with Gasteiger partial charge in [-0.15, -0.1) is 0 Å². The van der Waals surface area contributed by atoms with Crippen LogP contribution in [0.3, 0.4) is 0 Å². The molecule has 0 aliphatic rings. The van der Waals surface area contributed by atoms with Gasteiger partial charge in [-0.05, 0) is 25.9 Å². The Morgan fingerprint density at radius 3 is 2.69 bits per heavy atom. The lowest BCUT2D eigenvalue weighted by Gasteiger charge is -2.09. The molecular weight excluding hydrogens is 166 g/mol. The Balaban J connectivity index is 3.08. The summed E-state index contributed by atoms with van der Waals surface area (Å²) in [6.07, 6.45) is -0.971. The van der Waals surface area contributed by atoms with Gasteiger partial charge in [-0.3, -0.25) is 15.2 Å². The predicted octanol–water partition coefficient (Wildman–Crippen LogP) is 0.724. The molecular formula is C9H13N3O. The van der Waals surface area contributed by atoms with Crippen LogP contribution in [0.4, 0.5) is 0 Å². The molecule has 0 radical (unpaired) electrons. The molecule has 1 amide bonds. The van der Waals surface area contributed by atoms with Gasteiger partial charge in [-0.25, -0.2) is 5.43 Å². The zero-order valence-electron chi connectivity index (χ0n) is 11.4. The molecule has 1 aromatic rings. The number of carbonyl (C=O) groups is 1. The van der Waals surface area contributed by atoms with Crippen molar-refractivity contribution in [1.82, 2.24) is 15.8 Å². The van der Waals surface area contributed by atoms with Crippen LogP contribution < -0.4 is 10.9 Å². The van der Waals surface area contributed by atoms with Gasteiger partial charge in [-0.2, -0.15) is 0 Å². The van der Waals surface area contributed by atoms with Gasteiger partial charge in [0.05, 0.1) is 5.48 Å². The largest absolute Gasteiger partial charge is 0.287 e. The first-order chi connectivity index (χ1) is 7.84. The summed E-state index contributed by atoms with van der Waals surface area (Å²) in [7, 11) is 0. The fraction of sp³-hybridized carbons (Fsp3) is 0.333. The lowest BCUT2D eigenvalue weighted by Crippen LogP contribution is -2.41. The van der Waals surface area contributed by atoms with Crippen molar-refractivity contribution in [3.63, 3.8) is 0 Å². The SMILES string of the molecule is [2H]c1nc([2H])c([2H])c(C(=O)NNC(C)C)c1[2H]. The van der Waals surface area contributed by atoms with E-state index in [2.05, 4.69) is 15.8 Å². The summed E-state index contributed by atoms with van der Waals surface area (Å²) in [6.45, 7) is 3.61. The molecule has 0 aliphatic heterocycles. The standard InChI is InChI=1S/C9H13N3O/c1-7(2)11-12-9(13)8-3-5-10-6-4-8/h3-7,11H,1-2H3,(H,12,13)/i3D,4D,5D,6D. The minimum atomic E-state index is -0.710. The summed E-state index contributed by atoms with van der Waals surface area (Å²) in [5.74, 6) is -0.710. The summed E-state index contributed by atoms with van der Waals surface area (Å²) in [6, 6.07) is -0.904. The number of carbonyl (C=O) groups excluding carboxylic acids is 1. The zero-order chi connectivity index (χ0) is 13.2. The molecule has 1 heterocycles. The normalized spacial score (nSPS) is 14.4. The van der Waals surface area contributed by atoms with Crippen molar-refractivity contribution in [2.75, 3.05) is 0 Å². The zero-order valence-corrected chi connectivity index (χ0v) is 7.43. The van der Waals surface area contributed by atoms with Gasteiger partial charge in [0.25, 0.3) is 5.91 Å². The van der Waals surface area contributed by atoms with Crippen LogP contribution in [0.5, 0.6) is 0 Å². The van der Waals surface area contributed by atoms with Crippen molar-refractivity contribution in [1.29, 1.82) is 0 Å². The molecule has 0 bridgehead atoms. The lowest BCUT2D eigenvalue weighted by atomic mass is 10.2. The average molecular weight is 183 g/mol. The highest BCUT2D eigenvalue weighted by molar-refractivity contribution is 5.93. The van der Waals surface area contributed by atoms with E-state index in [0.29, 0.717) is 0 Å². The van der Waals surface area contributed by atoms with Crippen molar-refractivity contribution >= 4 is 5.91 Å². The van der Waals surface area contributed by atoms with Crippen molar-refractivity contribution in [3.8, 4) is 0 Å². The Hall–Kier alpha value is -1.42. The molecule has 13 heavy (non-hydrogen) atoms. The molecule has 1 rings (SSSR count). The van der Waals surface area contributed by atoms with Crippen molar-refractivity contribution in [2.24, 2.45) is 0 Å². The Labute approximate surface area is 83.0 Å². The highest BCUT2D eigenvalue weighted by Crippen LogP contribution is 1.94. The summed E-state index contributed by atoms with van der Waals surface area (Å²) >= 11 is 0. The Morgan fingerprint density at radius 1 is 1.54 bits per heavy atom. The second-order valence-electron chi connectivity index (χ2n) is 2.71. The third-order valence-corrected chi connectivity index (χ3v) is 1.18. The van der Waals surface area contributed by atoms with E-state index in [0.717, 1.165) is 0 Å². The first-order valence-electron chi connectivity index (χ1n) is 5.84. The number of hydrogen-bond donors (Lipinski definition) is 2. The van der Waals surface area contributed by atoms with E-state index in [1.165, 1.54) is 0 Å². The molecule has 0 saturated carbocycles. The van der Waals surface area contributed by atoms with Crippen molar-refractivity contribution in [3.05, 3.63) is 30.0 Å². The minimum absolute atomic E-state index is 0.00454. The molecule has 0 spiro atoms. The molecule has 0 aromatic carbocycles. The van der Waals surface area contributed by atoms with Crippen LogP contribution in [0.1, 0.15) is 29.7 Å². The fourth-order valence-electron chi connectivity index (χ4n) is 0.613. The number of aromatic nitrogens is 1. The maximum absolute atomic E-state index is 11.7. The van der Waals surface area contributed by atoms with Gasteiger partial charge in [0.2, 0.25) is 0 Å². The Morgan fingerprint density at radius 2 is 2.15 bits per heavy atom. The smallest absolute Gasteiger partial charge is 0.265 e. The summed E-state index contributed by atoms with van der Waals surface area (Å²) in [5, 5.41) is 0. The van der Waals surface area contributed by atoms with Gasteiger partial charge in [-0.1, -0.05) is 0 Å². The Bertz CT molecular complexity index is 424. The highest BCUT2D eigenvalue weighted by atomic mass is 16.2. The minimum Gasteiger partial charge on any atom is -0.287 e. The maximum atomic E-state index is 11.7. The number of rotatable bonds is 3. The van der Waals surface area contributed by atoms with E-state index in [1.54, 1.807) is 0 Å². The average Bonchev–Trinajstić information content (AvgIpc) is 2.24. The number of hydrogen-bond acceptors (Lipinski definition) is 3. The van der Waals surface area contributed by atoms with E-state index in [-0.39, 0.29) is 11.6 Å². The van der Waals surface area contributed by atoms with E-state index in [4.69, 9.17) is 5.48 Å². The second-order valence-corrected chi connectivity index (χ2v) is 2.71. The summed E-state index contributed by atoms with van der Waals surface area (Å²) in [5.41, 5.74) is 4.62. The van der Waals surface area contributed by atoms with Gasteiger partial charge in [0.15, 0.2) is 0 Å². The van der Waals surface area contributed by atoms with Crippen LogP contribution in [0.15, 0.2) is 24.4 Å². The third-order valence-electron chi connectivity index (χ3n) is 1.18. The quantitative estimate of drug-likeness (QED) is 0.679. The van der Waals surface area contributed by atoms with Gasteiger partial charge in [0.1, 0.15) is 0 Å². The highest BCUT2D eigenvalue weighted by Gasteiger charge is 2.03. The van der Waals surface area contributed by atoms with E-state index >= 15 is 0 Å². The van der Waals surface area contributed by atoms with Crippen LogP contribution in [0, 0.1) is 0 Å². The van der Waals surface area contributed by atoms with E-state index in [9.17, 15) is 4.79 Å². The monoisotopic (exact) mass is 183 g/mol. The molecule has 0 unspecified atom stereocenters. The maximum Gasteiger partial charge on any atom is 0.265 e. The molecule has 1 aromatic heterocycles. The molecule has 2 N–H and O–H groups in total. The predicted molar refractivity (Wildman–Crippen MR) is 50.0 cm³/mol. The van der Waals surface area contributed by atoms with Crippen LogP contribution in [-0.2, 0) is 0 Å². The van der Waals surface area contributed by atoms with E-state index in [1.807, 2.05) is 13.8 Å². The van der Waals surface area contributed by atoms with Crippen molar-refractivity contribution in [2.45, 2.75) is 19.9 Å². The van der Waals surface area contributed by atoms with Gasteiger partial charge in [0, 0.05) is 24.0 Å². The molecule has 70 valence electrons. The topological polar surface area (TPSA) is 54.0 Å². The fourth-order valence-corrected chi connectivity index (χ4v) is 0.613. The number of pyridine rings is 1. The Kier molecular flexibility index (Phi) is 1.88. The first kappa shape index (κ1) is 5.34. The third kappa shape index (κ3) is 3.21. The first-order valence-corrected chi connectivity index (χ1v) is 3.84. The number of nitrogens with one attached hydrogen (secondary N) is 2. The summed E-state index contributed by atoms with van der Waals surface area (Å²) in [4.78, 5) is 15.1. The van der Waals surface area contributed by atoms with Gasteiger partial charge >= 0.3 is 0 Å². The molecule has 0 atom stereocenters. The number of hydrazine groups is 1. The molecule has 0 saturated heterocycles. The molecule has 4 nitrogen and oxygen atoms in total. The number of nitrogens with zero attached hydrogens (tertiary/aromatic N) is 1. The number of amides is 1. The van der Waals surface area contributed by atoms with Gasteiger partial charge < -0.3 is 0 Å². The van der Waals surface area contributed by atoms with Crippen molar-refractivity contribution < 1.29 is 10.3 Å². The molecule has 4 heteroatoms. The van der Waals surface area contributed by atoms with Crippen LogP contribution in [-0.4, -0.2) is 16.9 Å². The lowest BCUT2D eigenvalue weighted by molar-refractivity contribution is 0.0927.